The van der Waals surface area contributed by atoms with Gasteiger partial charge in [0.2, 0.25) is 0 Å². The molecule has 0 aliphatic heterocycles. The van der Waals surface area contributed by atoms with Crippen LogP contribution in [0.15, 0.2) is 12.5 Å². The molecule has 1 aromatic heterocycles. The Labute approximate surface area is 170 Å². The lowest BCUT2D eigenvalue weighted by Gasteiger charge is -2.28. The zero-order valence-electron chi connectivity index (χ0n) is 17.9. The maximum atomic E-state index is 12.5. The lowest BCUT2D eigenvalue weighted by molar-refractivity contribution is -0.140. The van der Waals surface area contributed by atoms with Crippen LogP contribution in [0.4, 0.5) is 9.59 Å². The van der Waals surface area contributed by atoms with Crippen molar-refractivity contribution in [2.75, 3.05) is 6.54 Å². The summed E-state index contributed by atoms with van der Waals surface area (Å²) >= 11 is 0. The van der Waals surface area contributed by atoms with Gasteiger partial charge >= 0.3 is 18.2 Å². The summed E-state index contributed by atoms with van der Waals surface area (Å²) in [4.78, 5) is 44.6. The summed E-state index contributed by atoms with van der Waals surface area (Å²) in [6, 6.07) is 0. The number of imidazole rings is 1. The van der Waals surface area contributed by atoms with Crippen LogP contribution in [0.3, 0.4) is 0 Å². The first kappa shape index (κ1) is 22.7. The van der Waals surface area contributed by atoms with E-state index in [-0.39, 0.29) is 12.5 Å². The number of ether oxygens (including phenoxy) is 2. The molecular weight excluding hydrogens is 378 g/mol. The van der Waals surface area contributed by atoms with Gasteiger partial charge in [0.1, 0.15) is 16.6 Å². The van der Waals surface area contributed by atoms with Crippen LogP contribution in [-0.4, -0.2) is 55.9 Å². The fourth-order valence-electron chi connectivity index (χ4n) is 3.27. The van der Waals surface area contributed by atoms with E-state index in [2.05, 4.69) is 9.97 Å². The van der Waals surface area contributed by atoms with E-state index in [1.165, 1.54) is 12.5 Å². The van der Waals surface area contributed by atoms with Gasteiger partial charge in [-0.2, -0.15) is 0 Å². The zero-order valence-corrected chi connectivity index (χ0v) is 17.9. The van der Waals surface area contributed by atoms with E-state index in [1.54, 1.807) is 41.5 Å². The molecule has 2 rings (SSSR count). The van der Waals surface area contributed by atoms with Crippen LogP contribution in [0.1, 0.15) is 66.5 Å². The van der Waals surface area contributed by atoms with Gasteiger partial charge in [-0.3, -0.25) is 4.79 Å². The normalized spacial score (nSPS) is 21.4. The first-order valence-corrected chi connectivity index (χ1v) is 9.72. The van der Waals surface area contributed by atoms with E-state index < -0.39 is 34.8 Å². The number of carbonyl (C=O) groups excluding carboxylic acids is 2. The molecule has 29 heavy (non-hydrogen) atoms. The van der Waals surface area contributed by atoms with Crippen LogP contribution in [0.25, 0.3) is 0 Å². The van der Waals surface area contributed by atoms with E-state index in [9.17, 15) is 19.5 Å². The summed E-state index contributed by atoms with van der Waals surface area (Å²) in [6.07, 6.45) is 2.90. The van der Waals surface area contributed by atoms with Gasteiger partial charge in [-0.15, -0.1) is 0 Å². The molecule has 0 saturated heterocycles. The lowest BCUT2D eigenvalue weighted by atomic mass is 9.98. The van der Waals surface area contributed by atoms with Gasteiger partial charge in [0.15, 0.2) is 0 Å². The lowest BCUT2D eigenvalue weighted by Crippen LogP contribution is -2.44. The number of amides is 2. The third-order valence-corrected chi connectivity index (χ3v) is 4.63. The number of imide groups is 1. The molecule has 1 aliphatic rings. The fraction of sp³-hybridized carbons (Fsp3) is 0.700. The number of nitrogens with one attached hydrogen (secondary N) is 1. The fourth-order valence-corrected chi connectivity index (χ4v) is 3.27. The molecule has 1 fully saturated rings. The summed E-state index contributed by atoms with van der Waals surface area (Å²) in [5, 5.41) is 9.68. The van der Waals surface area contributed by atoms with Crippen molar-refractivity contribution in [1.82, 2.24) is 14.9 Å². The van der Waals surface area contributed by atoms with Crippen LogP contribution < -0.4 is 0 Å². The highest BCUT2D eigenvalue weighted by molar-refractivity contribution is 5.88. The Kier molecular flexibility index (Phi) is 6.30. The predicted octanol–water partition coefficient (Wildman–Crippen LogP) is 3.70. The average molecular weight is 409 g/mol. The summed E-state index contributed by atoms with van der Waals surface area (Å²) in [7, 11) is 0. The molecule has 2 N–H and O–H groups in total. The van der Waals surface area contributed by atoms with Gasteiger partial charge in [0.25, 0.3) is 0 Å². The second-order valence-corrected chi connectivity index (χ2v) is 9.40. The summed E-state index contributed by atoms with van der Waals surface area (Å²) in [5.74, 6) is -0.998. The molecule has 0 unspecified atom stereocenters. The smallest absolute Gasteiger partial charge is 0.419 e. The molecule has 0 aromatic carbocycles. The minimum atomic E-state index is -0.973. The van der Waals surface area contributed by atoms with Gasteiger partial charge in [-0.1, -0.05) is 0 Å². The van der Waals surface area contributed by atoms with Crippen LogP contribution >= 0.6 is 0 Å². The molecule has 9 heteroatoms. The number of carboxylic acids is 1. The summed E-state index contributed by atoms with van der Waals surface area (Å²) in [6.45, 7) is 10.4. The van der Waals surface area contributed by atoms with Gasteiger partial charge in [-0.05, 0) is 66.7 Å². The highest BCUT2D eigenvalue weighted by Crippen LogP contribution is 2.56. The monoisotopic (exact) mass is 409 g/mol. The van der Waals surface area contributed by atoms with Gasteiger partial charge in [-0.25, -0.2) is 19.5 Å². The quantitative estimate of drug-likeness (QED) is 0.734. The molecule has 0 bridgehead atoms. The third kappa shape index (κ3) is 5.71. The number of hydrogen-bond donors (Lipinski definition) is 2. The molecular formula is C20H31N3O6. The van der Waals surface area contributed by atoms with Gasteiger partial charge < -0.3 is 19.6 Å². The molecule has 9 nitrogen and oxygen atoms in total. The van der Waals surface area contributed by atoms with E-state index in [0.717, 1.165) is 4.90 Å². The van der Waals surface area contributed by atoms with Crippen molar-refractivity contribution in [3.05, 3.63) is 18.2 Å². The van der Waals surface area contributed by atoms with Crippen LogP contribution in [0.2, 0.25) is 0 Å². The highest BCUT2D eigenvalue weighted by atomic mass is 16.6. The van der Waals surface area contributed by atoms with Crippen molar-refractivity contribution < 1.29 is 29.0 Å². The van der Waals surface area contributed by atoms with Crippen molar-refractivity contribution in [3.63, 3.8) is 0 Å². The number of H-pyrrole nitrogens is 1. The van der Waals surface area contributed by atoms with Crippen molar-refractivity contribution >= 4 is 18.2 Å². The molecule has 1 aliphatic carbocycles. The van der Waals surface area contributed by atoms with Crippen molar-refractivity contribution in [2.45, 2.75) is 77.4 Å². The Morgan fingerprint density at radius 2 is 1.72 bits per heavy atom. The standard InChI is InChI=1S/C20H31N3O6/c1-18(2,3)28-16(26)23(17(27)29-19(4,5)6)9-7-8-13-10-20(13,15(24)25)14-11-21-12-22-14/h11-13H,7-10H2,1-6H3,(H,21,22)(H,24,25)/t13-,20+/m0/s1. The second-order valence-electron chi connectivity index (χ2n) is 9.40. The molecule has 162 valence electrons. The minimum absolute atomic E-state index is 0.0823. The topological polar surface area (TPSA) is 122 Å². The maximum absolute atomic E-state index is 12.5. The van der Waals surface area contributed by atoms with Gasteiger partial charge in [0.05, 0.1) is 12.0 Å². The predicted molar refractivity (Wildman–Crippen MR) is 104 cm³/mol. The first-order chi connectivity index (χ1) is 13.3. The molecule has 1 saturated carbocycles. The van der Waals surface area contributed by atoms with Crippen molar-refractivity contribution in [1.29, 1.82) is 0 Å². The summed E-state index contributed by atoms with van der Waals surface area (Å²) < 4.78 is 10.7. The molecule has 2 amide bonds. The average Bonchev–Trinajstić information content (AvgIpc) is 3.00. The SMILES string of the molecule is CC(C)(C)OC(=O)N(CCC[C@H]1C[C@]1(C(=O)O)c1cnc[nH]1)C(=O)OC(C)(C)C. The molecule has 0 spiro atoms. The van der Waals surface area contributed by atoms with E-state index in [4.69, 9.17) is 9.47 Å². The van der Waals surface area contributed by atoms with Crippen LogP contribution in [-0.2, 0) is 19.7 Å². The second kappa shape index (κ2) is 8.04. The van der Waals surface area contributed by atoms with Crippen LogP contribution in [0, 0.1) is 5.92 Å². The number of carbonyl (C=O) groups is 3. The Bertz CT molecular complexity index is 719. The number of hydrogen-bond acceptors (Lipinski definition) is 6. The molecule has 1 heterocycles. The highest BCUT2D eigenvalue weighted by Gasteiger charge is 2.62. The number of aromatic amines is 1. The first-order valence-electron chi connectivity index (χ1n) is 9.72. The van der Waals surface area contributed by atoms with E-state index in [0.29, 0.717) is 25.0 Å². The number of carboxylic acid groups (broad SMARTS) is 1. The zero-order chi connectivity index (χ0) is 22.0. The van der Waals surface area contributed by atoms with Crippen molar-refractivity contribution in [3.8, 4) is 0 Å². The van der Waals surface area contributed by atoms with E-state index in [1.807, 2.05) is 0 Å². The number of aromatic nitrogens is 2. The number of aliphatic carboxylic acids is 1. The third-order valence-electron chi connectivity index (χ3n) is 4.63. The minimum Gasteiger partial charge on any atom is -0.481 e. The number of nitrogens with zero attached hydrogens (tertiary/aromatic N) is 2. The molecule has 2 atom stereocenters. The molecule has 0 radical (unpaired) electrons. The Balaban J connectivity index is 2.02. The van der Waals surface area contributed by atoms with E-state index >= 15 is 0 Å². The Morgan fingerprint density at radius 1 is 1.17 bits per heavy atom. The Hall–Kier alpha value is -2.58. The van der Waals surface area contributed by atoms with Crippen LogP contribution in [0.5, 0.6) is 0 Å². The molecule has 1 aromatic rings. The summed E-state index contributed by atoms with van der Waals surface area (Å²) in [5.41, 5.74) is -1.91. The Morgan fingerprint density at radius 3 is 2.14 bits per heavy atom. The van der Waals surface area contributed by atoms with Crippen molar-refractivity contribution in [2.24, 2.45) is 5.92 Å². The number of rotatable bonds is 6. The maximum Gasteiger partial charge on any atom is 0.419 e. The van der Waals surface area contributed by atoms with Gasteiger partial charge in [0, 0.05) is 12.7 Å². The largest absolute Gasteiger partial charge is 0.481 e.